The van der Waals surface area contributed by atoms with Crippen LogP contribution in [0.25, 0.3) is 33.7 Å². The summed E-state index contributed by atoms with van der Waals surface area (Å²) in [6, 6.07) is 26.7. The number of benzene rings is 4. The predicted molar refractivity (Wildman–Crippen MR) is 172 cm³/mol. The van der Waals surface area contributed by atoms with Crippen LogP contribution in [-0.2, 0) is 10.8 Å². The van der Waals surface area contributed by atoms with Crippen LogP contribution in [0, 0.1) is 0 Å². The van der Waals surface area contributed by atoms with Gasteiger partial charge in [-0.25, -0.2) is 4.98 Å². The Kier molecular flexibility index (Phi) is 7.37. The quantitative estimate of drug-likeness (QED) is 0.224. The minimum Gasteiger partial charge on any atom is -0.507 e. The van der Waals surface area contributed by atoms with Crippen molar-refractivity contribution in [2.24, 2.45) is 4.99 Å². The summed E-state index contributed by atoms with van der Waals surface area (Å²) in [7, 11) is 0. The van der Waals surface area contributed by atoms with Crippen LogP contribution in [0.1, 0.15) is 83.6 Å². The van der Waals surface area contributed by atoms with Gasteiger partial charge in [0.2, 0.25) is 5.89 Å². The molecular weight excluding hydrogens is 504 g/mol. The lowest BCUT2D eigenvalue weighted by Gasteiger charge is -2.27. The second kappa shape index (κ2) is 10.7. The zero-order valence-corrected chi connectivity index (χ0v) is 25.4. The van der Waals surface area contributed by atoms with Crippen LogP contribution in [0.4, 0.5) is 5.69 Å². The van der Waals surface area contributed by atoms with E-state index in [9.17, 15) is 5.11 Å². The lowest BCUT2D eigenvalue weighted by molar-refractivity contribution is 0.444. The summed E-state index contributed by atoms with van der Waals surface area (Å²) in [6.07, 6.45) is 1.75. The number of hydrogen-bond donors (Lipinski definition) is 1. The van der Waals surface area contributed by atoms with E-state index in [-0.39, 0.29) is 16.6 Å². The molecule has 0 aliphatic heterocycles. The van der Waals surface area contributed by atoms with Crippen LogP contribution in [0.2, 0.25) is 0 Å². The number of aromatic nitrogens is 1. The molecule has 0 aliphatic rings. The first-order valence-electron chi connectivity index (χ1n) is 14.3. The van der Waals surface area contributed by atoms with Crippen molar-refractivity contribution in [3.05, 3.63) is 101 Å². The van der Waals surface area contributed by atoms with Crippen molar-refractivity contribution in [2.45, 2.75) is 72.1 Å². The number of aliphatic imine (C=N–C) groups is 1. The van der Waals surface area contributed by atoms with E-state index in [4.69, 9.17) is 14.4 Å². The molecule has 0 spiro atoms. The minimum absolute atomic E-state index is 0.0702. The van der Waals surface area contributed by atoms with Gasteiger partial charge in [0.1, 0.15) is 11.3 Å². The van der Waals surface area contributed by atoms with Crippen molar-refractivity contribution < 1.29 is 9.52 Å². The average molecular weight is 545 g/mol. The molecule has 0 bridgehead atoms. The molecule has 0 saturated heterocycles. The van der Waals surface area contributed by atoms with Gasteiger partial charge in [-0.1, -0.05) is 110 Å². The molecule has 1 N–H and O–H groups in total. The van der Waals surface area contributed by atoms with Gasteiger partial charge < -0.3 is 9.52 Å². The lowest BCUT2D eigenvalue weighted by Crippen LogP contribution is -2.17. The van der Waals surface area contributed by atoms with Crippen LogP contribution in [0.15, 0.2) is 88.3 Å². The fraction of sp³-hybridized carbons (Fsp3) is 0.297. The first-order chi connectivity index (χ1) is 19.3. The number of rotatable bonds is 5. The molecule has 1 aromatic heterocycles. The number of phenolic OH excluding ortho intramolecular Hbond substituents is 1. The topological polar surface area (TPSA) is 58.6 Å². The molecule has 0 aliphatic carbocycles. The molecule has 210 valence electrons. The van der Waals surface area contributed by atoms with Crippen molar-refractivity contribution in [3.63, 3.8) is 0 Å². The van der Waals surface area contributed by atoms with E-state index in [0.29, 0.717) is 17.4 Å². The van der Waals surface area contributed by atoms with Crippen LogP contribution in [-0.4, -0.2) is 16.3 Å². The summed E-state index contributed by atoms with van der Waals surface area (Å²) >= 11 is 0. The maximum Gasteiger partial charge on any atom is 0.229 e. The largest absolute Gasteiger partial charge is 0.507 e. The number of nitrogens with zero attached hydrogens (tertiary/aromatic N) is 2. The third kappa shape index (κ3) is 5.83. The monoisotopic (exact) mass is 544 g/mol. The van der Waals surface area contributed by atoms with Crippen molar-refractivity contribution in [1.82, 2.24) is 4.98 Å². The number of hydrogen-bond acceptors (Lipinski definition) is 4. The van der Waals surface area contributed by atoms with Gasteiger partial charge in [0.25, 0.3) is 0 Å². The Bertz CT molecular complexity index is 1730. The fourth-order valence-electron chi connectivity index (χ4n) is 5.01. The Morgan fingerprint density at radius 1 is 0.805 bits per heavy atom. The van der Waals surface area contributed by atoms with Gasteiger partial charge in [0.15, 0.2) is 5.58 Å². The highest BCUT2D eigenvalue weighted by atomic mass is 16.3. The Hall–Kier alpha value is -4.18. The molecule has 4 nitrogen and oxygen atoms in total. The van der Waals surface area contributed by atoms with Crippen molar-refractivity contribution in [2.75, 3.05) is 0 Å². The fourth-order valence-corrected chi connectivity index (χ4v) is 5.01. The van der Waals surface area contributed by atoms with Gasteiger partial charge in [-0.15, -0.1) is 0 Å². The Labute approximate surface area is 243 Å². The molecule has 5 aromatic rings. The zero-order valence-electron chi connectivity index (χ0n) is 25.4. The maximum atomic E-state index is 11.2. The van der Waals surface area contributed by atoms with Crippen molar-refractivity contribution in [1.29, 1.82) is 0 Å². The molecule has 0 atom stereocenters. The van der Waals surface area contributed by atoms with Crippen LogP contribution in [0.3, 0.4) is 0 Å². The highest BCUT2D eigenvalue weighted by Gasteiger charge is 2.24. The van der Waals surface area contributed by atoms with Crippen LogP contribution >= 0.6 is 0 Å². The zero-order chi connectivity index (χ0) is 29.5. The van der Waals surface area contributed by atoms with E-state index in [2.05, 4.69) is 91.8 Å². The third-order valence-electron chi connectivity index (χ3n) is 7.60. The second-order valence-electron chi connectivity index (χ2n) is 13.2. The van der Waals surface area contributed by atoms with E-state index in [0.717, 1.165) is 44.6 Å². The molecule has 0 unspecified atom stereocenters. The lowest BCUT2D eigenvalue weighted by atomic mass is 9.79. The molecule has 4 aromatic carbocycles. The molecule has 0 amide bonds. The number of phenols is 1. The Morgan fingerprint density at radius 2 is 1.49 bits per heavy atom. The first-order valence-corrected chi connectivity index (χ1v) is 14.3. The molecule has 5 rings (SSSR count). The summed E-state index contributed by atoms with van der Waals surface area (Å²) in [6.45, 7) is 17.3. The van der Waals surface area contributed by atoms with Gasteiger partial charge in [0.05, 0.1) is 11.3 Å². The third-order valence-corrected chi connectivity index (χ3v) is 7.60. The standard InChI is InChI=1S/C37H40N2O2/c1-23(2)24-16-18-25(19-17-24)28-13-11-15-32-33(28)39-35(41-32)29-12-9-10-14-31(29)38-22-26-20-27(36(3,4)5)21-30(34(26)40)37(6,7)8/h9-23,40H,1-8H3. The highest BCUT2D eigenvalue weighted by molar-refractivity contribution is 5.93. The summed E-state index contributed by atoms with van der Waals surface area (Å²) in [5.41, 5.74) is 9.00. The SMILES string of the molecule is CC(C)c1ccc(-c2cccc3oc(-c4ccccc4N=Cc4cc(C(C)(C)C)cc(C(C)(C)C)c4O)nc23)cc1. The summed E-state index contributed by atoms with van der Waals surface area (Å²) in [5.74, 6) is 1.26. The molecule has 1 heterocycles. The molecular formula is C37H40N2O2. The maximum absolute atomic E-state index is 11.2. The van der Waals surface area contributed by atoms with Crippen molar-refractivity contribution >= 4 is 23.0 Å². The van der Waals surface area contributed by atoms with E-state index >= 15 is 0 Å². The van der Waals surface area contributed by atoms with E-state index in [1.165, 1.54) is 5.56 Å². The number of aromatic hydroxyl groups is 1. The molecule has 0 radical (unpaired) electrons. The number of oxazole rings is 1. The van der Waals surface area contributed by atoms with Crippen LogP contribution < -0.4 is 0 Å². The van der Waals surface area contributed by atoms with Gasteiger partial charge in [-0.3, -0.25) is 4.99 Å². The highest BCUT2D eigenvalue weighted by Crippen LogP contribution is 2.39. The first kappa shape index (κ1) is 28.4. The normalized spacial score (nSPS) is 12.6. The Balaban J connectivity index is 1.57. The van der Waals surface area contributed by atoms with Gasteiger partial charge in [-0.2, -0.15) is 0 Å². The van der Waals surface area contributed by atoms with Crippen molar-refractivity contribution in [3.8, 4) is 28.3 Å². The van der Waals surface area contributed by atoms with E-state index in [1.54, 1.807) is 6.21 Å². The smallest absolute Gasteiger partial charge is 0.229 e. The summed E-state index contributed by atoms with van der Waals surface area (Å²) in [4.78, 5) is 9.80. The summed E-state index contributed by atoms with van der Waals surface area (Å²) in [5, 5.41) is 11.2. The van der Waals surface area contributed by atoms with Gasteiger partial charge in [0, 0.05) is 22.9 Å². The predicted octanol–water partition coefficient (Wildman–Crippen LogP) is 10.3. The molecule has 0 saturated carbocycles. The second-order valence-corrected chi connectivity index (χ2v) is 13.2. The van der Waals surface area contributed by atoms with E-state index < -0.39 is 0 Å². The molecule has 41 heavy (non-hydrogen) atoms. The Morgan fingerprint density at radius 3 is 2.15 bits per heavy atom. The minimum atomic E-state index is -0.211. The number of fused-ring (bicyclic) bond motifs is 1. The summed E-state index contributed by atoms with van der Waals surface area (Å²) < 4.78 is 6.29. The molecule has 0 fully saturated rings. The van der Waals surface area contributed by atoms with Gasteiger partial charge >= 0.3 is 0 Å². The molecule has 4 heteroatoms. The van der Waals surface area contributed by atoms with Crippen LogP contribution in [0.5, 0.6) is 5.75 Å². The van der Waals surface area contributed by atoms with Gasteiger partial charge in [-0.05, 0) is 57.7 Å². The van der Waals surface area contributed by atoms with E-state index in [1.807, 2.05) is 42.5 Å². The number of para-hydroxylation sites is 2. The average Bonchev–Trinajstić information content (AvgIpc) is 3.36.